The van der Waals surface area contributed by atoms with Crippen molar-refractivity contribution >= 4 is 11.7 Å². The van der Waals surface area contributed by atoms with E-state index in [1.807, 2.05) is 12.1 Å². The minimum Gasteiger partial charge on any atom is -0.469 e. The van der Waals surface area contributed by atoms with Crippen LogP contribution >= 0.6 is 0 Å². The molecule has 0 unspecified atom stereocenters. The van der Waals surface area contributed by atoms with Gasteiger partial charge >= 0.3 is 0 Å². The molecule has 6 nitrogen and oxygen atoms in total. The lowest BCUT2D eigenvalue weighted by Gasteiger charge is -2.03. The molecular formula is C11H14N4O2. The van der Waals surface area contributed by atoms with Crippen LogP contribution in [0.3, 0.4) is 0 Å². The molecule has 0 aromatic carbocycles. The number of aryl methyl sites for hydroxylation is 1. The van der Waals surface area contributed by atoms with Crippen LogP contribution < -0.4 is 11.1 Å². The van der Waals surface area contributed by atoms with Crippen LogP contribution in [0.5, 0.6) is 0 Å². The van der Waals surface area contributed by atoms with E-state index in [0.29, 0.717) is 24.2 Å². The van der Waals surface area contributed by atoms with E-state index in [1.54, 1.807) is 13.2 Å². The Morgan fingerprint density at radius 3 is 3.06 bits per heavy atom. The highest BCUT2D eigenvalue weighted by Crippen LogP contribution is 2.11. The molecule has 6 heteroatoms. The molecule has 0 aliphatic carbocycles. The third kappa shape index (κ3) is 2.47. The smallest absolute Gasteiger partial charge is 0.256 e. The van der Waals surface area contributed by atoms with Gasteiger partial charge in [-0.3, -0.25) is 9.89 Å². The van der Waals surface area contributed by atoms with Crippen molar-refractivity contribution in [3.8, 4) is 0 Å². The van der Waals surface area contributed by atoms with E-state index in [-0.39, 0.29) is 11.7 Å². The number of amides is 1. The van der Waals surface area contributed by atoms with Crippen molar-refractivity contribution in [3.63, 3.8) is 0 Å². The van der Waals surface area contributed by atoms with Gasteiger partial charge in [0.15, 0.2) is 5.82 Å². The van der Waals surface area contributed by atoms with Gasteiger partial charge in [-0.1, -0.05) is 0 Å². The van der Waals surface area contributed by atoms with E-state index in [9.17, 15) is 4.79 Å². The first kappa shape index (κ1) is 11.3. The van der Waals surface area contributed by atoms with Gasteiger partial charge in [0, 0.05) is 18.7 Å². The number of carbonyl (C=O) groups is 1. The molecular weight excluding hydrogens is 220 g/mol. The van der Waals surface area contributed by atoms with E-state index >= 15 is 0 Å². The molecule has 0 aliphatic heterocycles. The minimum atomic E-state index is -0.222. The second kappa shape index (κ2) is 4.73. The fourth-order valence-electron chi connectivity index (χ4n) is 1.58. The Morgan fingerprint density at radius 1 is 1.65 bits per heavy atom. The normalized spacial score (nSPS) is 10.4. The summed E-state index contributed by atoms with van der Waals surface area (Å²) in [6.45, 7) is 2.25. The zero-order chi connectivity index (χ0) is 12.3. The summed E-state index contributed by atoms with van der Waals surface area (Å²) in [5.41, 5.74) is 6.66. The van der Waals surface area contributed by atoms with Crippen LogP contribution in [0.2, 0.25) is 0 Å². The molecule has 90 valence electrons. The average Bonchev–Trinajstić information content (AvgIpc) is 2.89. The van der Waals surface area contributed by atoms with Crippen molar-refractivity contribution in [3.05, 3.63) is 35.4 Å². The van der Waals surface area contributed by atoms with Crippen LogP contribution in [0.4, 0.5) is 5.82 Å². The third-order valence-electron chi connectivity index (χ3n) is 2.44. The van der Waals surface area contributed by atoms with Gasteiger partial charge in [-0.2, -0.15) is 5.10 Å². The number of rotatable bonds is 4. The summed E-state index contributed by atoms with van der Waals surface area (Å²) in [6, 6.07) is 3.68. The molecule has 0 saturated carbocycles. The van der Waals surface area contributed by atoms with Gasteiger partial charge in [0.05, 0.1) is 6.26 Å². The number of carbonyl (C=O) groups excluding carboxylic acids is 1. The second-order valence-corrected chi connectivity index (χ2v) is 3.69. The number of furan rings is 1. The lowest BCUT2D eigenvalue weighted by Crippen LogP contribution is -2.26. The highest BCUT2D eigenvalue weighted by molar-refractivity contribution is 5.99. The van der Waals surface area contributed by atoms with E-state index < -0.39 is 0 Å². The third-order valence-corrected chi connectivity index (χ3v) is 2.44. The van der Waals surface area contributed by atoms with Gasteiger partial charge in [0.2, 0.25) is 0 Å². The number of hydrogen-bond donors (Lipinski definition) is 3. The summed E-state index contributed by atoms with van der Waals surface area (Å²) < 4.78 is 5.16. The maximum atomic E-state index is 11.8. The Balaban J connectivity index is 1.90. The van der Waals surface area contributed by atoms with Crippen LogP contribution in [-0.2, 0) is 6.42 Å². The maximum Gasteiger partial charge on any atom is 0.256 e. The van der Waals surface area contributed by atoms with Gasteiger partial charge in [0.25, 0.3) is 5.91 Å². The Morgan fingerprint density at radius 2 is 2.47 bits per heavy atom. The highest BCUT2D eigenvalue weighted by atomic mass is 16.3. The maximum absolute atomic E-state index is 11.8. The number of nitrogens with one attached hydrogen (secondary N) is 2. The lowest BCUT2D eigenvalue weighted by atomic mass is 10.2. The summed E-state index contributed by atoms with van der Waals surface area (Å²) in [4.78, 5) is 11.8. The van der Waals surface area contributed by atoms with Crippen LogP contribution in [0, 0.1) is 6.92 Å². The fraction of sp³-hybridized carbons (Fsp3) is 0.273. The zero-order valence-electron chi connectivity index (χ0n) is 9.49. The van der Waals surface area contributed by atoms with Crippen LogP contribution in [0.1, 0.15) is 21.8 Å². The summed E-state index contributed by atoms with van der Waals surface area (Å²) in [5, 5.41) is 9.20. The lowest BCUT2D eigenvalue weighted by molar-refractivity contribution is 0.0954. The molecule has 2 aromatic rings. The molecule has 0 saturated heterocycles. The zero-order valence-corrected chi connectivity index (χ0v) is 9.49. The van der Waals surface area contributed by atoms with Crippen molar-refractivity contribution in [2.24, 2.45) is 0 Å². The number of nitrogens with zero attached hydrogens (tertiary/aromatic N) is 1. The first-order valence-corrected chi connectivity index (χ1v) is 5.29. The second-order valence-electron chi connectivity index (χ2n) is 3.69. The standard InChI is InChI=1S/C11H14N4O2/c1-7-9(10(12)15-14-7)11(16)13-5-4-8-3-2-6-17-8/h2-3,6H,4-5H2,1H3,(H,13,16)(H3,12,14,15). The van der Waals surface area contributed by atoms with Crippen molar-refractivity contribution in [2.45, 2.75) is 13.3 Å². The van der Waals surface area contributed by atoms with Gasteiger partial charge in [0.1, 0.15) is 11.3 Å². The first-order valence-electron chi connectivity index (χ1n) is 5.29. The summed E-state index contributed by atoms with van der Waals surface area (Å²) in [5.74, 6) is 0.834. The highest BCUT2D eigenvalue weighted by Gasteiger charge is 2.15. The molecule has 2 aromatic heterocycles. The number of nitrogens with two attached hydrogens (primary N) is 1. The number of anilines is 1. The Bertz CT molecular complexity index is 482. The van der Waals surface area contributed by atoms with Gasteiger partial charge < -0.3 is 15.5 Å². The number of aromatic nitrogens is 2. The number of H-pyrrole nitrogens is 1. The SMILES string of the molecule is Cc1[nH]nc(N)c1C(=O)NCCc1ccco1. The minimum absolute atomic E-state index is 0.220. The molecule has 0 aliphatic rings. The molecule has 2 rings (SSSR count). The first-order chi connectivity index (χ1) is 8.18. The van der Waals surface area contributed by atoms with E-state index in [0.717, 1.165) is 5.76 Å². The fourth-order valence-corrected chi connectivity index (χ4v) is 1.58. The summed E-state index contributed by atoms with van der Waals surface area (Å²) >= 11 is 0. The Labute approximate surface area is 98.2 Å². The predicted octanol–water partition coefficient (Wildman–Crippen LogP) is 0.866. The molecule has 0 atom stereocenters. The molecule has 0 bridgehead atoms. The predicted molar refractivity (Wildman–Crippen MR) is 62.5 cm³/mol. The number of nitrogen functional groups attached to an aromatic ring is 1. The average molecular weight is 234 g/mol. The van der Waals surface area contributed by atoms with Gasteiger partial charge in [-0.15, -0.1) is 0 Å². The Hall–Kier alpha value is -2.24. The monoisotopic (exact) mass is 234 g/mol. The van der Waals surface area contributed by atoms with Crippen LogP contribution in [0.15, 0.2) is 22.8 Å². The van der Waals surface area contributed by atoms with Crippen LogP contribution in [0.25, 0.3) is 0 Å². The number of hydrogen-bond acceptors (Lipinski definition) is 4. The van der Waals surface area contributed by atoms with E-state index in [4.69, 9.17) is 10.2 Å². The number of aromatic amines is 1. The summed E-state index contributed by atoms with van der Waals surface area (Å²) in [6.07, 6.45) is 2.25. The van der Waals surface area contributed by atoms with E-state index in [2.05, 4.69) is 15.5 Å². The topological polar surface area (TPSA) is 96.9 Å². The molecule has 17 heavy (non-hydrogen) atoms. The van der Waals surface area contributed by atoms with Crippen molar-refractivity contribution in [2.75, 3.05) is 12.3 Å². The quantitative estimate of drug-likeness (QED) is 0.731. The Kier molecular flexibility index (Phi) is 3.13. The molecule has 0 radical (unpaired) electrons. The van der Waals surface area contributed by atoms with Gasteiger partial charge in [-0.25, -0.2) is 0 Å². The molecule has 0 spiro atoms. The van der Waals surface area contributed by atoms with Gasteiger partial charge in [-0.05, 0) is 19.1 Å². The largest absolute Gasteiger partial charge is 0.469 e. The van der Waals surface area contributed by atoms with Crippen molar-refractivity contribution < 1.29 is 9.21 Å². The molecule has 2 heterocycles. The molecule has 1 amide bonds. The van der Waals surface area contributed by atoms with Crippen molar-refractivity contribution in [1.82, 2.24) is 15.5 Å². The van der Waals surface area contributed by atoms with Crippen molar-refractivity contribution in [1.29, 1.82) is 0 Å². The molecule has 0 fully saturated rings. The van der Waals surface area contributed by atoms with Crippen LogP contribution in [-0.4, -0.2) is 22.6 Å². The molecule has 4 N–H and O–H groups in total. The van der Waals surface area contributed by atoms with E-state index in [1.165, 1.54) is 0 Å². The summed E-state index contributed by atoms with van der Waals surface area (Å²) in [7, 11) is 0.